The summed E-state index contributed by atoms with van der Waals surface area (Å²) in [7, 11) is 0. The van der Waals surface area contributed by atoms with Crippen molar-refractivity contribution < 1.29 is 9.53 Å². The van der Waals surface area contributed by atoms with Gasteiger partial charge >= 0.3 is 5.97 Å². The smallest absolute Gasteiger partial charge is 0.310 e. The van der Waals surface area contributed by atoms with Crippen molar-refractivity contribution in [3.8, 4) is 0 Å². The Bertz CT molecular complexity index is 607. The third-order valence-electron chi connectivity index (χ3n) is 2.96. The number of halogens is 2. The van der Waals surface area contributed by atoms with Gasteiger partial charge in [0.25, 0.3) is 0 Å². The van der Waals surface area contributed by atoms with E-state index in [0.717, 1.165) is 10.9 Å². The Morgan fingerprint density at radius 2 is 2.16 bits per heavy atom. The number of fused-ring (bicyclic) bond motifs is 1. The first-order chi connectivity index (χ1) is 9.02. The number of aromatic nitrogens is 1. The molecule has 0 bridgehead atoms. The second kappa shape index (κ2) is 5.85. The normalized spacial score (nSPS) is 12.6. The zero-order valence-electron chi connectivity index (χ0n) is 10.8. The van der Waals surface area contributed by atoms with E-state index in [1.54, 1.807) is 13.0 Å². The van der Waals surface area contributed by atoms with Crippen LogP contribution in [0.1, 0.15) is 13.8 Å². The third-order valence-corrected chi connectivity index (χ3v) is 3.49. The van der Waals surface area contributed by atoms with Gasteiger partial charge in [0.2, 0.25) is 0 Å². The predicted octanol–water partition coefficient (Wildman–Crippen LogP) is 4.15. The summed E-state index contributed by atoms with van der Waals surface area (Å²) in [6.07, 6.45) is 1.91. The molecule has 102 valence electrons. The Balaban J connectivity index is 2.29. The van der Waals surface area contributed by atoms with Crippen LogP contribution in [-0.2, 0) is 16.1 Å². The largest absolute Gasteiger partial charge is 0.466 e. The topological polar surface area (TPSA) is 31.2 Å². The number of nitrogens with zero attached hydrogens (tertiary/aromatic N) is 1. The minimum Gasteiger partial charge on any atom is -0.466 e. The number of hydrogen-bond donors (Lipinski definition) is 0. The molecule has 1 atom stereocenters. The predicted molar refractivity (Wildman–Crippen MR) is 77.8 cm³/mol. The molecule has 2 aromatic rings. The molecule has 0 N–H and O–H groups in total. The molecule has 1 unspecified atom stereocenters. The summed E-state index contributed by atoms with van der Waals surface area (Å²) >= 11 is 12.1. The van der Waals surface area contributed by atoms with Gasteiger partial charge in [0.15, 0.2) is 0 Å². The highest BCUT2D eigenvalue weighted by molar-refractivity contribution is 6.38. The van der Waals surface area contributed by atoms with E-state index in [4.69, 9.17) is 27.9 Å². The number of carbonyl (C=O) groups excluding carboxylic acids is 1. The Labute approximate surface area is 122 Å². The van der Waals surface area contributed by atoms with Crippen molar-refractivity contribution in [2.45, 2.75) is 20.4 Å². The number of benzene rings is 1. The van der Waals surface area contributed by atoms with Gasteiger partial charge in [-0.2, -0.15) is 0 Å². The molecular weight excluding hydrogens is 285 g/mol. The second-order valence-electron chi connectivity index (χ2n) is 4.44. The van der Waals surface area contributed by atoms with E-state index in [-0.39, 0.29) is 11.9 Å². The van der Waals surface area contributed by atoms with E-state index in [1.807, 2.05) is 29.8 Å². The van der Waals surface area contributed by atoms with Crippen molar-refractivity contribution in [3.05, 3.63) is 34.4 Å². The molecule has 1 aromatic carbocycles. The van der Waals surface area contributed by atoms with Gasteiger partial charge in [-0.3, -0.25) is 4.79 Å². The molecule has 0 saturated heterocycles. The molecule has 0 aliphatic carbocycles. The van der Waals surface area contributed by atoms with Gasteiger partial charge in [-0.25, -0.2) is 0 Å². The average molecular weight is 300 g/mol. The van der Waals surface area contributed by atoms with Gasteiger partial charge < -0.3 is 9.30 Å². The lowest BCUT2D eigenvalue weighted by Crippen LogP contribution is -2.19. The number of esters is 1. The molecule has 19 heavy (non-hydrogen) atoms. The first-order valence-electron chi connectivity index (χ1n) is 6.13. The number of ether oxygens (including phenoxy) is 1. The standard InChI is InChI=1S/C14H15Cl2NO2/c1-3-19-14(18)9(2)8-17-5-4-11-12(16)6-10(15)7-13(11)17/h4-7,9H,3,8H2,1-2H3. The molecule has 2 rings (SSSR count). The molecule has 3 nitrogen and oxygen atoms in total. The van der Waals surface area contributed by atoms with Crippen LogP contribution in [0.5, 0.6) is 0 Å². The van der Waals surface area contributed by atoms with Gasteiger partial charge in [-0.15, -0.1) is 0 Å². The number of hydrogen-bond acceptors (Lipinski definition) is 2. The Kier molecular flexibility index (Phi) is 4.38. The van der Waals surface area contributed by atoms with E-state index < -0.39 is 0 Å². The molecule has 0 spiro atoms. The third kappa shape index (κ3) is 3.04. The summed E-state index contributed by atoms with van der Waals surface area (Å²) in [6, 6.07) is 5.48. The van der Waals surface area contributed by atoms with Crippen molar-refractivity contribution in [1.82, 2.24) is 4.57 Å². The zero-order chi connectivity index (χ0) is 14.0. The van der Waals surface area contributed by atoms with Gasteiger partial charge in [0, 0.05) is 23.2 Å². The SMILES string of the molecule is CCOC(=O)C(C)Cn1ccc2c(Cl)cc(Cl)cc21. The van der Waals surface area contributed by atoms with Crippen LogP contribution in [-0.4, -0.2) is 17.1 Å². The summed E-state index contributed by atoms with van der Waals surface area (Å²) in [6.45, 7) is 4.58. The van der Waals surface area contributed by atoms with Crippen LogP contribution < -0.4 is 0 Å². The summed E-state index contributed by atoms with van der Waals surface area (Å²) in [4.78, 5) is 11.7. The van der Waals surface area contributed by atoms with E-state index >= 15 is 0 Å². The van der Waals surface area contributed by atoms with E-state index in [2.05, 4.69) is 0 Å². The highest BCUT2D eigenvalue weighted by atomic mass is 35.5. The number of carbonyl (C=O) groups is 1. The maximum atomic E-state index is 11.7. The fourth-order valence-electron chi connectivity index (χ4n) is 2.03. The molecule has 1 aromatic heterocycles. The fraction of sp³-hybridized carbons (Fsp3) is 0.357. The molecule has 0 aliphatic heterocycles. The summed E-state index contributed by atoms with van der Waals surface area (Å²) in [5, 5.41) is 2.13. The van der Waals surface area contributed by atoms with E-state index in [9.17, 15) is 4.79 Å². The molecule has 0 fully saturated rings. The van der Waals surface area contributed by atoms with Crippen molar-refractivity contribution in [1.29, 1.82) is 0 Å². The van der Waals surface area contributed by atoms with Crippen LogP contribution in [0.4, 0.5) is 0 Å². The highest BCUT2D eigenvalue weighted by Gasteiger charge is 2.16. The van der Waals surface area contributed by atoms with Crippen molar-refractivity contribution in [2.24, 2.45) is 5.92 Å². The molecule has 0 aliphatic rings. The first-order valence-corrected chi connectivity index (χ1v) is 6.89. The fourth-order valence-corrected chi connectivity index (χ4v) is 2.58. The molecule has 1 heterocycles. The van der Waals surface area contributed by atoms with E-state index in [1.165, 1.54) is 0 Å². The Hall–Kier alpha value is -1.19. The lowest BCUT2D eigenvalue weighted by atomic mass is 10.2. The van der Waals surface area contributed by atoms with Crippen molar-refractivity contribution >= 4 is 40.1 Å². The van der Waals surface area contributed by atoms with Gasteiger partial charge in [0.05, 0.1) is 23.1 Å². The monoisotopic (exact) mass is 299 g/mol. The molecule has 0 radical (unpaired) electrons. The Morgan fingerprint density at radius 1 is 1.42 bits per heavy atom. The summed E-state index contributed by atoms with van der Waals surface area (Å²) in [5.41, 5.74) is 0.925. The van der Waals surface area contributed by atoms with Crippen LogP contribution in [0.3, 0.4) is 0 Å². The lowest BCUT2D eigenvalue weighted by molar-refractivity contribution is -0.147. The highest BCUT2D eigenvalue weighted by Crippen LogP contribution is 2.29. The van der Waals surface area contributed by atoms with Crippen molar-refractivity contribution in [3.63, 3.8) is 0 Å². The van der Waals surface area contributed by atoms with Crippen molar-refractivity contribution in [2.75, 3.05) is 6.61 Å². The van der Waals surface area contributed by atoms with Crippen LogP contribution in [0.2, 0.25) is 10.0 Å². The lowest BCUT2D eigenvalue weighted by Gasteiger charge is -2.12. The average Bonchev–Trinajstić information content (AvgIpc) is 2.73. The van der Waals surface area contributed by atoms with Crippen LogP contribution in [0.25, 0.3) is 10.9 Å². The maximum Gasteiger partial charge on any atom is 0.310 e. The minimum absolute atomic E-state index is 0.197. The summed E-state index contributed by atoms with van der Waals surface area (Å²) in [5.74, 6) is -0.411. The van der Waals surface area contributed by atoms with Crippen LogP contribution in [0.15, 0.2) is 24.4 Å². The van der Waals surface area contributed by atoms with Crippen LogP contribution >= 0.6 is 23.2 Å². The maximum absolute atomic E-state index is 11.7. The van der Waals surface area contributed by atoms with E-state index in [0.29, 0.717) is 23.2 Å². The zero-order valence-corrected chi connectivity index (χ0v) is 12.3. The van der Waals surface area contributed by atoms with Gasteiger partial charge in [-0.1, -0.05) is 30.1 Å². The molecular formula is C14H15Cl2NO2. The quantitative estimate of drug-likeness (QED) is 0.794. The second-order valence-corrected chi connectivity index (χ2v) is 5.29. The minimum atomic E-state index is -0.215. The molecule has 5 heteroatoms. The number of rotatable bonds is 4. The first kappa shape index (κ1) is 14.2. The van der Waals surface area contributed by atoms with Crippen LogP contribution in [0, 0.1) is 5.92 Å². The molecule has 0 amide bonds. The van der Waals surface area contributed by atoms with Gasteiger partial charge in [0.1, 0.15) is 0 Å². The van der Waals surface area contributed by atoms with Gasteiger partial charge in [-0.05, 0) is 25.1 Å². The molecule has 0 saturated carbocycles. The Morgan fingerprint density at radius 3 is 2.84 bits per heavy atom. The summed E-state index contributed by atoms with van der Waals surface area (Å²) < 4.78 is 6.97.